The maximum absolute atomic E-state index is 12.4. The third kappa shape index (κ3) is 3.04. The molecule has 0 aromatic heterocycles. The molecule has 0 amide bonds. The van der Waals surface area contributed by atoms with Crippen molar-refractivity contribution in [2.75, 3.05) is 7.11 Å². The molecule has 0 unspecified atom stereocenters. The number of phenolic OH excluding ortho intramolecular Hbond substituents is 1. The van der Waals surface area contributed by atoms with Gasteiger partial charge in [0, 0.05) is 11.6 Å². The summed E-state index contributed by atoms with van der Waals surface area (Å²) in [5.41, 5.74) is -0.143. The van der Waals surface area contributed by atoms with Crippen molar-refractivity contribution >= 4 is 15.9 Å². The molecule has 0 atom stereocenters. The number of phenols is 1. The zero-order chi connectivity index (χ0) is 15.6. The minimum Gasteiger partial charge on any atom is -0.508 e. The molecule has 0 saturated heterocycles. The van der Waals surface area contributed by atoms with Crippen molar-refractivity contribution in [3.63, 3.8) is 0 Å². The molecule has 0 fully saturated rings. The van der Waals surface area contributed by atoms with Crippen molar-refractivity contribution in [1.82, 2.24) is 0 Å². The van der Waals surface area contributed by atoms with E-state index in [4.69, 9.17) is 4.74 Å². The van der Waals surface area contributed by atoms with Crippen LogP contribution in [0.3, 0.4) is 0 Å². The first-order valence-electron chi connectivity index (χ1n) is 5.83. The van der Waals surface area contributed by atoms with E-state index in [2.05, 4.69) is 0 Å². The van der Waals surface area contributed by atoms with Crippen molar-refractivity contribution in [2.24, 2.45) is 0 Å². The SMILES string of the molecule is COc1cc(O)cc(C(=O)c2ccccc2)c1S(=O)(=O)O. The first-order chi connectivity index (χ1) is 9.84. The fourth-order valence-corrected chi connectivity index (χ4v) is 2.75. The van der Waals surface area contributed by atoms with E-state index < -0.39 is 20.8 Å². The van der Waals surface area contributed by atoms with Gasteiger partial charge in [-0.15, -0.1) is 0 Å². The Bertz CT molecular complexity index is 781. The minimum absolute atomic E-state index is 0.218. The monoisotopic (exact) mass is 308 g/mol. The number of rotatable bonds is 4. The number of benzene rings is 2. The average Bonchev–Trinajstić information content (AvgIpc) is 2.45. The maximum Gasteiger partial charge on any atom is 0.298 e. The van der Waals surface area contributed by atoms with Crippen LogP contribution in [-0.2, 0) is 10.1 Å². The topological polar surface area (TPSA) is 101 Å². The molecule has 0 aliphatic rings. The summed E-state index contributed by atoms with van der Waals surface area (Å²) in [5.74, 6) is -1.31. The van der Waals surface area contributed by atoms with E-state index in [0.717, 1.165) is 12.1 Å². The molecule has 2 N–H and O–H groups in total. The highest BCUT2D eigenvalue weighted by Gasteiger charge is 2.27. The number of ether oxygens (including phenoxy) is 1. The number of ketones is 1. The van der Waals surface area contributed by atoms with Crippen molar-refractivity contribution < 1.29 is 27.6 Å². The van der Waals surface area contributed by atoms with Gasteiger partial charge >= 0.3 is 0 Å². The number of carbonyl (C=O) groups excluding carboxylic acids is 1. The molecule has 7 heteroatoms. The van der Waals surface area contributed by atoms with Gasteiger partial charge in [0.2, 0.25) is 0 Å². The van der Waals surface area contributed by atoms with Gasteiger partial charge in [0.15, 0.2) is 5.78 Å². The quantitative estimate of drug-likeness (QED) is 0.660. The molecular weight excluding hydrogens is 296 g/mol. The number of carbonyl (C=O) groups is 1. The summed E-state index contributed by atoms with van der Waals surface area (Å²) < 4.78 is 37.2. The predicted molar refractivity (Wildman–Crippen MR) is 74.3 cm³/mol. The van der Waals surface area contributed by atoms with Crippen LogP contribution in [0.25, 0.3) is 0 Å². The summed E-state index contributed by atoms with van der Waals surface area (Å²) >= 11 is 0. The van der Waals surface area contributed by atoms with Crippen LogP contribution in [0.5, 0.6) is 11.5 Å². The molecular formula is C14H12O6S. The summed E-state index contributed by atoms with van der Waals surface area (Å²) in [7, 11) is -3.54. The van der Waals surface area contributed by atoms with Crippen LogP contribution in [0.4, 0.5) is 0 Å². The van der Waals surface area contributed by atoms with Gasteiger partial charge in [-0.2, -0.15) is 8.42 Å². The molecule has 0 aliphatic carbocycles. The summed E-state index contributed by atoms with van der Waals surface area (Å²) in [6.07, 6.45) is 0. The average molecular weight is 308 g/mol. The molecule has 2 aromatic carbocycles. The number of hydrogen-bond acceptors (Lipinski definition) is 5. The Hall–Kier alpha value is -2.38. The second kappa shape index (κ2) is 5.55. The molecule has 0 heterocycles. The molecule has 0 radical (unpaired) electrons. The van der Waals surface area contributed by atoms with E-state index in [1.165, 1.54) is 19.2 Å². The van der Waals surface area contributed by atoms with Gasteiger partial charge in [0.05, 0.1) is 12.7 Å². The van der Waals surface area contributed by atoms with Crippen molar-refractivity contribution in [2.45, 2.75) is 4.90 Å². The van der Waals surface area contributed by atoms with Crippen LogP contribution in [0.1, 0.15) is 15.9 Å². The molecule has 0 bridgehead atoms. The van der Waals surface area contributed by atoms with Crippen LogP contribution in [-0.4, -0.2) is 31.0 Å². The Kier molecular flexibility index (Phi) is 3.97. The first kappa shape index (κ1) is 15.0. The van der Waals surface area contributed by atoms with Gasteiger partial charge in [-0.25, -0.2) is 0 Å². The first-order valence-corrected chi connectivity index (χ1v) is 7.27. The zero-order valence-electron chi connectivity index (χ0n) is 11.0. The highest BCUT2D eigenvalue weighted by atomic mass is 32.2. The standard InChI is InChI=1S/C14H12O6S/c1-20-12-8-10(15)7-11(14(12)21(17,18)19)13(16)9-5-3-2-4-6-9/h2-8,15H,1H3,(H,17,18,19). The number of hydrogen-bond donors (Lipinski definition) is 2. The minimum atomic E-state index is -4.70. The van der Waals surface area contributed by atoms with Crippen LogP contribution >= 0.6 is 0 Å². The normalized spacial score (nSPS) is 11.1. The van der Waals surface area contributed by atoms with Crippen LogP contribution < -0.4 is 4.74 Å². The lowest BCUT2D eigenvalue weighted by molar-refractivity contribution is 0.103. The molecule has 6 nitrogen and oxygen atoms in total. The smallest absolute Gasteiger partial charge is 0.298 e. The molecule has 0 spiro atoms. The van der Waals surface area contributed by atoms with E-state index in [1.807, 2.05) is 0 Å². The molecule has 0 aliphatic heterocycles. The van der Waals surface area contributed by atoms with Gasteiger partial charge in [-0.05, 0) is 6.07 Å². The molecule has 0 saturated carbocycles. The second-order valence-electron chi connectivity index (χ2n) is 4.19. The summed E-state index contributed by atoms with van der Waals surface area (Å²) in [4.78, 5) is 11.7. The largest absolute Gasteiger partial charge is 0.508 e. The van der Waals surface area contributed by atoms with Gasteiger partial charge < -0.3 is 9.84 Å². The molecule has 2 aromatic rings. The van der Waals surface area contributed by atoms with Gasteiger partial charge in [0.1, 0.15) is 16.4 Å². The third-order valence-corrected chi connectivity index (χ3v) is 3.74. The van der Waals surface area contributed by atoms with Gasteiger partial charge in [-0.1, -0.05) is 30.3 Å². The summed E-state index contributed by atoms with van der Waals surface area (Å²) in [6.45, 7) is 0. The Morgan fingerprint density at radius 2 is 1.76 bits per heavy atom. The Morgan fingerprint density at radius 3 is 2.29 bits per heavy atom. The Balaban J connectivity index is 2.74. The number of methoxy groups -OCH3 is 1. The Labute approximate surface area is 121 Å². The molecule has 110 valence electrons. The second-order valence-corrected chi connectivity index (χ2v) is 5.55. The van der Waals surface area contributed by atoms with Crippen molar-refractivity contribution in [3.8, 4) is 11.5 Å². The number of aromatic hydroxyl groups is 1. The van der Waals surface area contributed by atoms with Gasteiger partial charge in [-0.3, -0.25) is 9.35 Å². The fraction of sp³-hybridized carbons (Fsp3) is 0.0714. The van der Waals surface area contributed by atoms with Gasteiger partial charge in [0.25, 0.3) is 10.1 Å². The van der Waals surface area contributed by atoms with Crippen LogP contribution in [0.15, 0.2) is 47.4 Å². The highest BCUT2D eigenvalue weighted by molar-refractivity contribution is 7.86. The van der Waals surface area contributed by atoms with E-state index >= 15 is 0 Å². The van der Waals surface area contributed by atoms with Crippen LogP contribution in [0.2, 0.25) is 0 Å². The lowest BCUT2D eigenvalue weighted by Crippen LogP contribution is -2.11. The predicted octanol–water partition coefficient (Wildman–Crippen LogP) is 1.88. The Morgan fingerprint density at radius 1 is 1.14 bits per heavy atom. The lowest BCUT2D eigenvalue weighted by atomic mass is 10.0. The van der Waals surface area contributed by atoms with E-state index in [1.54, 1.807) is 18.2 Å². The summed E-state index contributed by atoms with van der Waals surface area (Å²) in [5, 5.41) is 9.60. The molecule has 2 rings (SSSR count). The van der Waals surface area contributed by atoms with Crippen LogP contribution in [0, 0.1) is 0 Å². The zero-order valence-corrected chi connectivity index (χ0v) is 11.8. The molecule has 21 heavy (non-hydrogen) atoms. The van der Waals surface area contributed by atoms with E-state index in [-0.39, 0.29) is 22.6 Å². The third-order valence-electron chi connectivity index (χ3n) is 2.80. The van der Waals surface area contributed by atoms with E-state index in [9.17, 15) is 22.9 Å². The van der Waals surface area contributed by atoms with E-state index in [0.29, 0.717) is 0 Å². The highest BCUT2D eigenvalue weighted by Crippen LogP contribution is 2.33. The van der Waals surface area contributed by atoms with Crippen molar-refractivity contribution in [1.29, 1.82) is 0 Å². The van der Waals surface area contributed by atoms with Crippen molar-refractivity contribution in [3.05, 3.63) is 53.6 Å². The lowest BCUT2D eigenvalue weighted by Gasteiger charge is -2.11. The fourth-order valence-electron chi connectivity index (χ4n) is 1.92. The maximum atomic E-state index is 12.4. The summed E-state index contributed by atoms with van der Waals surface area (Å²) in [6, 6.07) is 9.88.